The van der Waals surface area contributed by atoms with Gasteiger partial charge in [0.15, 0.2) is 18.1 Å². The second-order valence-corrected chi connectivity index (χ2v) is 9.18. The fraction of sp³-hybridized carbons (Fsp3) is 0.107. The molecule has 2 N–H and O–H groups in total. The van der Waals surface area contributed by atoms with Crippen LogP contribution >= 0.6 is 34.8 Å². The van der Waals surface area contributed by atoms with Crippen LogP contribution in [0.15, 0.2) is 77.9 Å². The number of amides is 2. The smallest absolute Gasteiger partial charge is 0.271 e. The molecule has 38 heavy (non-hydrogen) atoms. The van der Waals surface area contributed by atoms with Crippen molar-refractivity contribution >= 4 is 69.3 Å². The highest BCUT2D eigenvalue weighted by atomic mass is 35.5. The van der Waals surface area contributed by atoms with Crippen molar-refractivity contribution in [2.45, 2.75) is 6.92 Å². The third-order valence-electron chi connectivity index (χ3n) is 5.30. The minimum atomic E-state index is -0.427. The second kappa shape index (κ2) is 12.6. The topological polar surface area (TPSA) is 89.0 Å². The average Bonchev–Trinajstić information content (AvgIpc) is 2.90. The van der Waals surface area contributed by atoms with Gasteiger partial charge in [-0.25, -0.2) is 5.43 Å². The standard InChI is InChI=1S/C28H22Cl3N3O4/c1-2-37-25-13-17(15-32-34-28(36)21-9-5-7-18-6-3-4-8-20(18)21)12-24(31)27(25)38-16-26(35)33-19-10-11-22(29)23(30)14-19/h3-15H,2,16H2,1H3,(H,33,35)(H,34,36)/b32-15+. The van der Waals surface area contributed by atoms with E-state index in [0.717, 1.165) is 10.8 Å². The van der Waals surface area contributed by atoms with Gasteiger partial charge < -0.3 is 14.8 Å². The largest absolute Gasteiger partial charge is 0.490 e. The van der Waals surface area contributed by atoms with E-state index >= 15 is 0 Å². The molecule has 0 aliphatic carbocycles. The molecule has 4 rings (SSSR count). The van der Waals surface area contributed by atoms with E-state index in [0.29, 0.717) is 39.2 Å². The van der Waals surface area contributed by atoms with Crippen LogP contribution in [0.5, 0.6) is 11.5 Å². The lowest BCUT2D eigenvalue weighted by Crippen LogP contribution is -2.20. The zero-order chi connectivity index (χ0) is 27.1. The van der Waals surface area contributed by atoms with E-state index in [-0.39, 0.29) is 23.3 Å². The lowest BCUT2D eigenvalue weighted by Gasteiger charge is -2.14. The van der Waals surface area contributed by atoms with Crippen LogP contribution in [0.4, 0.5) is 5.69 Å². The minimum absolute atomic E-state index is 0.203. The van der Waals surface area contributed by atoms with Crippen molar-refractivity contribution in [3.63, 3.8) is 0 Å². The summed E-state index contributed by atoms with van der Waals surface area (Å²) in [5.41, 5.74) is 4.08. The van der Waals surface area contributed by atoms with E-state index in [4.69, 9.17) is 44.3 Å². The molecule has 194 valence electrons. The number of halogens is 3. The SMILES string of the molecule is CCOc1cc(/C=N/NC(=O)c2cccc3ccccc23)cc(Cl)c1OCC(=O)Nc1ccc(Cl)c(Cl)c1. The highest BCUT2D eigenvalue weighted by Gasteiger charge is 2.15. The number of carbonyl (C=O) groups excluding carboxylic acids is 2. The summed E-state index contributed by atoms with van der Waals surface area (Å²) in [4.78, 5) is 25.1. The van der Waals surface area contributed by atoms with Gasteiger partial charge in [0, 0.05) is 11.3 Å². The van der Waals surface area contributed by atoms with Crippen molar-refractivity contribution in [1.29, 1.82) is 0 Å². The van der Waals surface area contributed by atoms with Crippen molar-refractivity contribution in [1.82, 2.24) is 5.43 Å². The number of hydrogen-bond donors (Lipinski definition) is 2. The van der Waals surface area contributed by atoms with Crippen LogP contribution in [0.2, 0.25) is 15.1 Å². The Morgan fingerprint density at radius 1 is 0.895 bits per heavy atom. The number of hydrazone groups is 1. The van der Waals surface area contributed by atoms with Crippen LogP contribution in [0.25, 0.3) is 10.8 Å². The molecule has 0 radical (unpaired) electrons. The number of fused-ring (bicyclic) bond motifs is 1. The molecule has 0 unspecified atom stereocenters. The number of anilines is 1. The van der Waals surface area contributed by atoms with Crippen LogP contribution in [0.3, 0.4) is 0 Å². The van der Waals surface area contributed by atoms with Gasteiger partial charge in [0.25, 0.3) is 11.8 Å². The molecule has 10 heteroatoms. The summed E-state index contributed by atoms with van der Waals surface area (Å²) in [7, 11) is 0. The monoisotopic (exact) mass is 569 g/mol. The molecule has 0 saturated carbocycles. The van der Waals surface area contributed by atoms with Gasteiger partial charge in [-0.05, 0) is 59.7 Å². The van der Waals surface area contributed by atoms with E-state index in [9.17, 15) is 9.59 Å². The summed E-state index contributed by atoms with van der Waals surface area (Å²) in [6.45, 7) is 1.81. The van der Waals surface area contributed by atoms with Gasteiger partial charge in [-0.1, -0.05) is 71.2 Å². The summed E-state index contributed by atoms with van der Waals surface area (Å²) >= 11 is 18.3. The average molecular weight is 571 g/mol. The van der Waals surface area contributed by atoms with Crippen LogP contribution in [0, 0.1) is 0 Å². The third-order valence-corrected chi connectivity index (χ3v) is 6.32. The first-order valence-electron chi connectivity index (χ1n) is 11.5. The zero-order valence-electron chi connectivity index (χ0n) is 20.1. The molecule has 7 nitrogen and oxygen atoms in total. The van der Waals surface area contributed by atoms with Gasteiger partial charge in [0.1, 0.15) is 0 Å². The molecular formula is C28H22Cl3N3O4. The zero-order valence-corrected chi connectivity index (χ0v) is 22.4. The van der Waals surface area contributed by atoms with E-state index in [1.165, 1.54) is 12.3 Å². The molecule has 4 aromatic carbocycles. The number of nitrogens with one attached hydrogen (secondary N) is 2. The molecule has 0 fully saturated rings. The summed E-state index contributed by atoms with van der Waals surface area (Å²) in [5.74, 6) is -0.246. The van der Waals surface area contributed by atoms with Crippen LogP contribution in [-0.2, 0) is 4.79 Å². The molecule has 0 saturated heterocycles. The Morgan fingerprint density at radius 2 is 1.68 bits per heavy atom. The van der Waals surface area contributed by atoms with E-state index in [1.807, 2.05) is 36.4 Å². The lowest BCUT2D eigenvalue weighted by atomic mass is 10.0. The Labute approximate surface area is 234 Å². The number of benzene rings is 4. The van der Waals surface area contributed by atoms with E-state index in [1.54, 1.807) is 37.3 Å². The maximum absolute atomic E-state index is 12.7. The Hall–Kier alpha value is -3.78. The van der Waals surface area contributed by atoms with Gasteiger partial charge in [-0.3, -0.25) is 9.59 Å². The second-order valence-electron chi connectivity index (χ2n) is 7.95. The first-order chi connectivity index (χ1) is 18.4. The number of hydrogen-bond acceptors (Lipinski definition) is 5. The molecule has 0 aliphatic heterocycles. The number of ether oxygens (including phenoxy) is 2. The first kappa shape index (κ1) is 27.3. The van der Waals surface area contributed by atoms with Crippen molar-refractivity contribution in [2.24, 2.45) is 5.10 Å². The normalized spacial score (nSPS) is 10.9. The Kier molecular flexibility index (Phi) is 9.07. The molecule has 0 aromatic heterocycles. The van der Waals surface area contributed by atoms with Gasteiger partial charge in [-0.15, -0.1) is 0 Å². The van der Waals surface area contributed by atoms with E-state index < -0.39 is 5.91 Å². The first-order valence-corrected chi connectivity index (χ1v) is 12.6. The van der Waals surface area contributed by atoms with E-state index in [2.05, 4.69) is 15.8 Å². The Bertz CT molecular complexity index is 1520. The molecule has 2 amide bonds. The molecular weight excluding hydrogens is 549 g/mol. The van der Waals surface area contributed by atoms with Gasteiger partial charge >= 0.3 is 0 Å². The minimum Gasteiger partial charge on any atom is -0.490 e. The van der Waals surface area contributed by atoms with Crippen molar-refractivity contribution in [3.8, 4) is 11.5 Å². The maximum Gasteiger partial charge on any atom is 0.271 e. The summed E-state index contributed by atoms with van der Waals surface area (Å²) < 4.78 is 11.3. The Morgan fingerprint density at radius 3 is 2.47 bits per heavy atom. The predicted octanol–water partition coefficient (Wildman–Crippen LogP) is 6.98. The summed E-state index contributed by atoms with van der Waals surface area (Å²) in [6.07, 6.45) is 1.44. The van der Waals surface area contributed by atoms with Crippen LogP contribution in [0.1, 0.15) is 22.8 Å². The maximum atomic E-state index is 12.7. The third kappa shape index (κ3) is 6.75. The quantitative estimate of drug-likeness (QED) is 0.168. The molecule has 4 aromatic rings. The molecule has 0 heterocycles. The van der Waals surface area contributed by atoms with Gasteiger partial charge in [0.2, 0.25) is 0 Å². The van der Waals surface area contributed by atoms with Gasteiger partial charge in [0.05, 0.1) is 27.9 Å². The highest BCUT2D eigenvalue weighted by Crippen LogP contribution is 2.36. The van der Waals surface area contributed by atoms with Crippen molar-refractivity contribution < 1.29 is 19.1 Å². The number of carbonyl (C=O) groups is 2. The predicted molar refractivity (Wildman–Crippen MR) is 152 cm³/mol. The van der Waals surface area contributed by atoms with Crippen LogP contribution in [-0.4, -0.2) is 31.2 Å². The molecule has 0 spiro atoms. The van der Waals surface area contributed by atoms with Crippen LogP contribution < -0.4 is 20.2 Å². The lowest BCUT2D eigenvalue weighted by molar-refractivity contribution is -0.118. The molecule has 0 aliphatic rings. The van der Waals surface area contributed by atoms with Crippen molar-refractivity contribution in [2.75, 3.05) is 18.5 Å². The fourth-order valence-electron chi connectivity index (χ4n) is 3.62. The van der Waals surface area contributed by atoms with Crippen molar-refractivity contribution in [3.05, 3.63) is 99.0 Å². The Balaban J connectivity index is 1.43. The summed E-state index contributed by atoms with van der Waals surface area (Å²) in [5, 5.41) is 9.43. The molecule has 0 bridgehead atoms. The highest BCUT2D eigenvalue weighted by molar-refractivity contribution is 6.42. The fourth-order valence-corrected chi connectivity index (χ4v) is 4.19. The molecule has 0 atom stereocenters. The number of nitrogens with zero attached hydrogens (tertiary/aromatic N) is 1. The summed E-state index contributed by atoms with van der Waals surface area (Å²) in [6, 6.07) is 21.1. The van der Waals surface area contributed by atoms with Gasteiger partial charge in [-0.2, -0.15) is 5.10 Å². The number of rotatable bonds is 9.